The van der Waals surface area contributed by atoms with Gasteiger partial charge in [-0.05, 0) is 12.3 Å². The molecule has 78 valence electrons. The average Bonchev–Trinajstić information content (AvgIpc) is 2.00. The summed E-state index contributed by atoms with van der Waals surface area (Å²) in [5.74, 6) is 0.213. The molecule has 0 bridgehead atoms. The maximum Gasteiger partial charge on any atom is 0.305 e. The molecule has 0 rings (SSSR count). The molecule has 0 radical (unpaired) electrons. The minimum Gasteiger partial charge on any atom is -0.465 e. The lowest BCUT2D eigenvalue weighted by Gasteiger charge is -2.06. The van der Waals surface area contributed by atoms with Gasteiger partial charge in [-0.1, -0.05) is 13.8 Å². The highest BCUT2D eigenvalue weighted by molar-refractivity contribution is 5.69. The zero-order chi connectivity index (χ0) is 10.3. The van der Waals surface area contributed by atoms with Crippen LogP contribution in [0.2, 0.25) is 0 Å². The maximum atomic E-state index is 10.9. The first-order valence-corrected chi connectivity index (χ1v) is 4.54. The van der Waals surface area contributed by atoms with Crippen LogP contribution in [-0.2, 0) is 9.53 Å². The Balaban J connectivity index is 3.30. The van der Waals surface area contributed by atoms with Crippen LogP contribution in [0.4, 0.5) is 0 Å². The lowest BCUT2D eigenvalue weighted by molar-refractivity contribution is -0.146. The van der Waals surface area contributed by atoms with Gasteiger partial charge in [0.1, 0.15) is 0 Å². The molecule has 0 saturated heterocycles. The van der Waals surface area contributed by atoms with Crippen LogP contribution >= 0.6 is 0 Å². The van der Waals surface area contributed by atoms with Crippen molar-refractivity contribution in [1.82, 2.24) is 0 Å². The van der Waals surface area contributed by atoms with Gasteiger partial charge >= 0.3 is 5.97 Å². The van der Waals surface area contributed by atoms with E-state index in [0.717, 1.165) is 6.42 Å². The molecule has 0 aliphatic heterocycles. The van der Waals surface area contributed by atoms with Crippen LogP contribution in [0, 0.1) is 5.92 Å². The van der Waals surface area contributed by atoms with E-state index in [2.05, 4.69) is 0 Å². The third-order valence-electron chi connectivity index (χ3n) is 1.56. The second-order valence-corrected chi connectivity index (χ2v) is 3.42. The molecule has 2 N–H and O–H groups in total. The van der Waals surface area contributed by atoms with Gasteiger partial charge in [-0.25, -0.2) is 0 Å². The number of aliphatic hydroxyl groups excluding tert-OH is 1. The van der Waals surface area contributed by atoms with E-state index in [1.807, 2.05) is 13.8 Å². The van der Waals surface area contributed by atoms with Gasteiger partial charge in [0.05, 0.1) is 6.61 Å². The molecule has 0 aromatic carbocycles. The van der Waals surface area contributed by atoms with E-state index < -0.39 is 6.29 Å². The van der Waals surface area contributed by atoms with E-state index in [4.69, 9.17) is 14.9 Å². The van der Waals surface area contributed by atoms with Gasteiger partial charge in [0.15, 0.2) is 6.29 Å². The SMILES string of the molecule is CC(C)CCC(=O)OCCC(O)O. The molecule has 13 heavy (non-hydrogen) atoms. The summed E-state index contributed by atoms with van der Waals surface area (Å²) in [6.45, 7) is 4.14. The fourth-order valence-electron chi connectivity index (χ4n) is 0.757. The Bertz CT molecular complexity index is 143. The number of carbonyl (C=O) groups is 1. The van der Waals surface area contributed by atoms with Crippen LogP contribution < -0.4 is 0 Å². The normalized spacial score (nSPS) is 10.9. The number of hydrogen-bond donors (Lipinski definition) is 2. The molecule has 0 aromatic rings. The highest BCUT2D eigenvalue weighted by Gasteiger charge is 2.05. The van der Waals surface area contributed by atoms with Crippen molar-refractivity contribution < 1.29 is 19.7 Å². The molecule has 4 heteroatoms. The summed E-state index contributed by atoms with van der Waals surface area (Å²) in [5, 5.41) is 16.9. The summed E-state index contributed by atoms with van der Waals surface area (Å²) in [4.78, 5) is 10.9. The first kappa shape index (κ1) is 12.4. The minimum atomic E-state index is -1.39. The van der Waals surface area contributed by atoms with Gasteiger partial charge in [0.2, 0.25) is 0 Å². The minimum absolute atomic E-state index is 0.0768. The van der Waals surface area contributed by atoms with Crippen LogP contribution in [0.3, 0.4) is 0 Å². The molecule has 4 nitrogen and oxygen atoms in total. The number of aliphatic hydroxyl groups is 2. The van der Waals surface area contributed by atoms with Crippen molar-refractivity contribution in [2.24, 2.45) is 5.92 Å². The lowest BCUT2D eigenvalue weighted by atomic mass is 10.1. The van der Waals surface area contributed by atoms with Crippen molar-refractivity contribution in [3.8, 4) is 0 Å². The van der Waals surface area contributed by atoms with Crippen LogP contribution in [0.25, 0.3) is 0 Å². The van der Waals surface area contributed by atoms with Crippen molar-refractivity contribution in [3.63, 3.8) is 0 Å². The third kappa shape index (κ3) is 9.30. The molecule has 0 atom stereocenters. The number of hydrogen-bond acceptors (Lipinski definition) is 4. The van der Waals surface area contributed by atoms with Crippen molar-refractivity contribution >= 4 is 5.97 Å². The second kappa shape index (κ2) is 6.86. The van der Waals surface area contributed by atoms with Crippen molar-refractivity contribution in [2.45, 2.75) is 39.4 Å². The fourth-order valence-corrected chi connectivity index (χ4v) is 0.757. The molecule has 0 aromatic heterocycles. The van der Waals surface area contributed by atoms with E-state index in [1.54, 1.807) is 0 Å². The van der Waals surface area contributed by atoms with Gasteiger partial charge in [0, 0.05) is 12.8 Å². The Hall–Kier alpha value is -0.610. The summed E-state index contributed by atoms with van der Waals surface area (Å²) in [6, 6.07) is 0. The second-order valence-electron chi connectivity index (χ2n) is 3.42. The highest BCUT2D eigenvalue weighted by Crippen LogP contribution is 2.04. The average molecular weight is 190 g/mol. The molecule has 0 fully saturated rings. The zero-order valence-corrected chi connectivity index (χ0v) is 8.19. The monoisotopic (exact) mass is 190 g/mol. The number of carbonyl (C=O) groups excluding carboxylic acids is 1. The summed E-state index contributed by atoms with van der Waals surface area (Å²) >= 11 is 0. The van der Waals surface area contributed by atoms with Gasteiger partial charge < -0.3 is 14.9 Å². The quantitative estimate of drug-likeness (QED) is 0.477. The van der Waals surface area contributed by atoms with E-state index >= 15 is 0 Å². The molecular formula is C9H18O4. The fraction of sp³-hybridized carbons (Fsp3) is 0.889. The van der Waals surface area contributed by atoms with E-state index in [-0.39, 0.29) is 19.0 Å². The van der Waals surface area contributed by atoms with E-state index in [0.29, 0.717) is 12.3 Å². The first-order chi connectivity index (χ1) is 6.02. The summed E-state index contributed by atoms with van der Waals surface area (Å²) in [6.07, 6.45) is -0.106. The standard InChI is InChI=1S/C9H18O4/c1-7(2)3-4-9(12)13-6-5-8(10)11/h7-8,10-11H,3-6H2,1-2H3. The summed E-state index contributed by atoms with van der Waals surface area (Å²) < 4.78 is 4.74. The number of esters is 1. The Morgan fingerprint density at radius 3 is 2.38 bits per heavy atom. The zero-order valence-electron chi connectivity index (χ0n) is 8.19. The first-order valence-electron chi connectivity index (χ1n) is 4.54. The molecule has 0 unspecified atom stereocenters. The Labute approximate surface area is 78.5 Å². The number of ether oxygens (including phenoxy) is 1. The van der Waals surface area contributed by atoms with Gasteiger partial charge in [-0.15, -0.1) is 0 Å². The van der Waals surface area contributed by atoms with E-state index in [9.17, 15) is 4.79 Å². The highest BCUT2D eigenvalue weighted by atomic mass is 16.5. The lowest BCUT2D eigenvalue weighted by Crippen LogP contribution is -2.12. The summed E-state index contributed by atoms with van der Waals surface area (Å²) in [7, 11) is 0. The van der Waals surface area contributed by atoms with Gasteiger partial charge in [-0.3, -0.25) is 4.79 Å². The van der Waals surface area contributed by atoms with Crippen LogP contribution in [-0.4, -0.2) is 29.1 Å². The smallest absolute Gasteiger partial charge is 0.305 e. The van der Waals surface area contributed by atoms with Crippen molar-refractivity contribution in [1.29, 1.82) is 0 Å². The predicted octanol–water partition coefficient (Wildman–Crippen LogP) is 0.667. The molecular weight excluding hydrogens is 172 g/mol. The van der Waals surface area contributed by atoms with Crippen molar-refractivity contribution in [2.75, 3.05) is 6.61 Å². The Kier molecular flexibility index (Phi) is 6.54. The van der Waals surface area contributed by atoms with Crippen LogP contribution in [0.15, 0.2) is 0 Å². The Morgan fingerprint density at radius 2 is 1.92 bits per heavy atom. The molecule has 0 aliphatic carbocycles. The molecule has 0 saturated carbocycles. The maximum absolute atomic E-state index is 10.9. The molecule has 0 spiro atoms. The third-order valence-corrected chi connectivity index (χ3v) is 1.56. The Morgan fingerprint density at radius 1 is 1.31 bits per heavy atom. The number of rotatable bonds is 6. The van der Waals surface area contributed by atoms with Gasteiger partial charge in [-0.2, -0.15) is 0 Å². The topological polar surface area (TPSA) is 66.8 Å². The van der Waals surface area contributed by atoms with Crippen LogP contribution in [0.5, 0.6) is 0 Å². The van der Waals surface area contributed by atoms with Crippen LogP contribution in [0.1, 0.15) is 33.1 Å². The molecule has 0 amide bonds. The predicted molar refractivity (Wildman–Crippen MR) is 47.9 cm³/mol. The molecule has 0 aliphatic rings. The largest absolute Gasteiger partial charge is 0.465 e. The van der Waals surface area contributed by atoms with E-state index in [1.165, 1.54) is 0 Å². The molecule has 0 heterocycles. The van der Waals surface area contributed by atoms with Gasteiger partial charge in [0.25, 0.3) is 0 Å². The summed E-state index contributed by atoms with van der Waals surface area (Å²) in [5.41, 5.74) is 0. The van der Waals surface area contributed by atoms with Crippen molar-refractivity contribution in [3.05, 3.63) is 0 Å².